The molecule has 0 saturated carbocycles. The van der Waals surface area contributed by atoms with Gasteiger partial charge in [-0.3, -0.25) is 14.7 Å². The minimum atomic E-state index is -0.198. The predicted molar refractivity (Wildman–Crippen MR) is 106 cm³/mol. The Kier molecular flexibility index (Phi) is 4.15. The van der Waals surface area contributed by atoms with Crippen molar-refractivity contribution < 1.29 is 4.79 Å². The van der Waals surface area contributed by atoms with Gasteiger partial charge in [-0.1, -0.05) is 6.07 Å². The number of aromatic amines is 1. The summed E-state index contributed by atoms with van der Waals surface area (Å²) in [4.78, 5) is 38.4. The lowest BCUT2D eigenvalue weighted by atomic mass is 9.97. The number of fused-ring (bicyclic) bond motifs is 3. The lowest BCUT2D eigenvalue weighted by Crippen LogP contribution is -2.26. The molecule has 148 valence electrons. The van der Waals surface area contributed by atoms with Crippen molar-refractivity contribution >= 4 is 17.3 Å². The second-order valence-corrected chi connectivity index (χ2v) is 7.44. The summed E-state index contributed by atoms with van der Waals surface area (Å²) in [5.74, 6) is 0.546. The third-order valence-electron chi connectivity index (χ3n) is 5.35. The molecule has 0 fully saturated rings. The second-order valence-electron chi connectivity index (χ2n) is 7.44. The van der Waals surface area contributed by atoms with E-state index in [9.17, 15) is 9.59 Å². The zero-order valence-electron chi connectivity index (χ0n) is 16.1. The number of carbonyl (C=O) groups is 1. The van der Waals surface area contributed by atoms with Crippen LogP contribution in [0.3, 0.4) is 0 Å². The molecule has 1 aliphatic rings. The number of hydrogen-bond donors (Lipinski definition) is 2. The van der Waals surface area contributed by atoms with E-state index in [4.69, 9.17) is 0 Å². The number of hydrogen-bond acceptors (Lipinski definition) is 5. The quantitative estimate of drug-likeness (QED) is 0.542. The van der Waals surface area contributed by atoms with Gasteiger partial charge in [0, 0.05) is 17.5 Å². The van der Waals surface area contributed by atoms with Crippen LogP contribution in [0.2, 0.25) is 0 Å². The van der Waals surface area contributed by atoms with Crippen LogP contribution in [0.5, 0.6) is 0 Å². The monoisotopic (exact) mass is 391 g/mol. The van der Waals surface area contributed by atoms with E-state index in [0.29, 0.717) is 18.1 Å². The minimum Gasteiger partial charge on any atom is -0.350 e. The summed E-state index contributed by atoms with van der Waals surface area (Å²) in [6.45, 7) is 2.33. The zero-order chi connectivity index (χ0) is 20.0. The van der Waals surface area contributed by atoms with Crippen molar-refractivity contribution in [1.29, 1.82) is 0 Å². The molecule has 0 radical (unpaired) electrons. The normalized spacial score (nSPS) is 13.7. The Morgan fingerprint density at radius 3 is 2.93 bits per heavy atom. The molecule has 9 heteroatoms. The van der Waals surface area contributed by atoms with Crippen LogP contribution in [0.25, 0.3) is 11.4 Å². The highest BCUT2D eigenvalue weighted by molar-refractivity contribution is 5.77. The smallest absolute Gasteiger partial charge is 0.277 e. The maximum atomic E-state index is 12.6. The van der Waals surface area contributed by atoms with E-state index in [1.165, 1.54) is 4.52 Å². The van der Waals surface area contributed by atoms with Gasteiger partial charge in [-0.15, -0.1) is 0 Å². The summed E-state index contributed by atoms with van der Waals surface area (Å²) >= 11 is 0. The number of amides is 1. The molecule has 4 heterocycles. The van der Waals surface area contributed by atoms with E-state index < -0.39 is 0 Å². The molecule has 0 spiro atoms. The molecule has 29 heavy (non-hydrogen) atoms. The van der Waals surface area contributed by atoms with Gasteiger partial charge in [0.1, 0.15) is 11.5 Å². The molecule has 0 bridgehead atoms. The molecule has 1 amide bonds. The first-order valence-electron chi connectivity index (χ1n) is 9.78. The first-order chi connectivity index (χ1) is 14.1. The number of imidazole rings is 1. The van der Waals surface area contributed by atoms with E-state index in [-0.39, 0.29) is 17.9 Å². The Morgan fingerprint density at radius 1 is 1.21 bits per heavy atom. The molecule has 0 aliphatic heterocycles. The van der Waals surface area contributed by atoms with Crippen LogP contribution in [-0.4, -0.2) is 34.9 Å². The van der Waals surface area contributed by atoms with Gasteiger partial charge >= 0.3 is 0 Å². The minimum absolute atomic E-state index is 0.0415. The molecular weight excluding hydrogens is 370 g/mol. The third-order valence-corrected chi connectivity index (χ3v) is 5.35. The Hall–Kier alpha value is -3.49. The maximum absolute atomic E-state index is 12.6. The van der Waals surface area contributed by atoms with Crippen molar-refractivity contribution in [3.05, 3.63) is 63.2 Å². The summed E-state index contributed by atoms with van der Waals surface area (Å²) in [7, 11) is 0. The van der Waals surface area contributed by atoms with Gasteiger partial charge in [0.05, 0.1) is 24.4 Å². The van der Waals surface area contributed by atoms with Gasteiger partial charge in [-0.2, -0.15) is 9.50 Å². The van der Waals surface area contributed by atoms with Gasteiger partial charge in [0.15, 0.2) is 0 Å². The van der Waals surface area contributed by atoms with E-state index in [0.717, 1.165) is 54.0 Å². The van der Waals surface area contributed by atoms with Crippen molar-refractivity contribution in [3.8, 4) is 0 Å². The van der Waals surface area contributed by atoms with Crippen molar-refractivity contribution in [1.82, 2.24) is 34.3 Å². The highest BCUT2D eigenvalue weighted by atomic mass is 16.1. The summed E-state index contributed by atoms with van der Waals surface area (Å²) in [5.41, 5.74) is 4.20. The number of rotatable bonds is 4. The number of nitrogens with zero attached hydrogens (tertiary/aromatic N) is 5. The number of nitrogens with one attached hydrogen (secondary N) is 2. The first-order valence-corrected chi connectivity index (χ1v) is 9.78. The zero-order valence-corrected chi connectivity index (χ0v) is 16.1. The van der Waals surface area contributed by atoms with Crippen molar-refractivity contribution in [2.24, 2.45) is 0 Å². The van der Waals surface area contributed by atoms with Crippen LogP contribution in [-0.2, 0) is 30.6 Å². The van der Waals surface area contributed by atoms with Gasteiger partial charge < -0.3 is 9.72 Å². The molecule has 5 rings (SSSR count). The molecule has 2 N–H and O–H groups in total. The predicted octanol–water partition coefficient (Wildman–Crippen LogP) is 1.11. The van der Waals surface area contributed by atoms with Crippen LogP contribution >= 0.6 is 0 Å². The van der Waals surface area contributed by atoms with Gasteiger partial charge in [-0.25, -0.2) is 9.97 Å². The first kappa shape index (κ1) is 17.6. The number of aromatic nitrogens is 6. The SMILES string of the molecule is Cc1cccc2nc(CNC(=O)Cc3nc4nc5c(c(=O)n4[nH]3)CCCC5)cn12. The highest BCUT2D eigenvalue weighted by Gasteiger charge is 2.19. The van der Waals surface area contributed by atoms with Gasteiger partial charge in [0.25, 0.3) is 11.3 Å². The van der Waals surface area contributed by atoms with Crippen LogP contribution in [0.1, 0.15) is 41.3 Å². The number of H-pyrrole nitrogens is 1. The van der Waals surface area contributed by atoms with Crippen LogP contribution in [0.4, 0.5) is 0 Å². The molecule has 1 aliphatic carbocycles. The van der Waals surface area contributed by atoms with Crippen LogP contribution < -0.4 is 10.9 Å². The summed E-state index contributed by atoms with van der Waals surface area (Å²) in [6, 6.07) is 5.89. The lowest BCUT2D eigenvalue weighted by Gasteiger charge is -2.12. The topological polar surface area (TPSA) is 109 Å². The largest absolute Gasteiger partial charge is 0.350 e. The Balaban J connectivity index is 1.31. The van der Waals surface area contributed by atoms with Crippen molar-refractivity contribution in [2.75, 3.05) is 0 Å². The maximum Gasteiger partial charge on any atom is 0.277 e. The lowest BCUT2D eigenvalue weighted by molar-refractivity contribution is -0.120. The van der Waals surface area contributed by atoms with E-state index in [1.807, 2.05) is 35.7 Å². The summed E-state index contributed by atoms with van der Waals surface area (Å²) in [6.07, 6.45) is 5.56. The summed E-state index contributed by atoms with van der Waals surface area (Å²) in [5, 5.41) is 5.78. The third kappa shape index (κ3) is 3.18. The molecule has 0 unspecified atom stereocenters. The molecule has 0 saturated heterocycles. The van der Waals surface area contributed by atoms with Crippen molar-refractivity contribution in [2.45, 2.75) is 45.6 Å². The average molecular weight is 391 g/mol. The molecule has 0 atom stereocenters. The number of pyridine rings is 1. The Morgan fingerprint density at radius 2 is 2.07 bits per heavy atom. The van der Waals surface area contributed by atoms with Crippen LogP contribution in [0, 0.1) is 6.92 Å². The molecule has 4 aromatic rings. The number of carbonyl (C=O) groups excluding carboxylic acids is 1. The highest BCUT2D eigenvalue weighted by Crippen LogP contribution is 2.16. The fourth-order valence-corrected chi connectivity index (χ4v) is 3.86. The average Bonchev–Trinajstić information content (AvgIpc) is 3.31. The molecule has 9 nitrogen and oxygen atoms in total. The Bertz CT molecular complexity index is 1300. The number of aryl methyl sites for hydroxylation is 2. The van der Waals surface area contributed by atoms with E-state index in [2.05, 4.69) is 25.4 Å². The van der Waals surface area contributed by atoms with Crippen LogP contribution in [0.15, 0.2) is 29.2 Å². The van der Waals surface area contributed by atoms with Gasteiger partial charge in [-0.05, 0) is 44.7 Å². The molecular formula is C20H21N7O2. The van der Waals surface area contributed by atoms with Crippen molar-refractivity contribution in [3.63, 3.8) is 0 Å². The Labute approximate surface area is 165 Å². The fourth-order valence-electron chi connectivity index (χ4n) is 3.86. The van der Waals surface area contributed by atoms with E-state index in [1.54, 1.807) is 0 Å². The molecule has 0 aromatic carbocycles. The fraction of sp³-hybridized carbons (Fsp3) is 0.350. The van der Waals surface area contributed by atoms with E-state index >= 15 is 0 Å². The second kappa shape index (κ2) is 6.84. The standard InChI is InChI=1S/C20H21N7O2/c1-12-5-4-8-17-22-13(11-26(12)17)10-21-18(28)9-16-24-20-23-15-7-3-2-6-14(15)19(29)27(20)25-16/h4-5,8,11H,2-3,6-7,9-10H2,1H3,(H,21,28)(H,23,24,25). The summed E-state index contributed by atoms with van der Waals surface area (Å²) < 4.78 is 3.33. The molecule has 4 aromatic heterocycles. The van der Waals surface area contributed by atoms with Gasteiger partial charge in [0.2, 0.25) is 5.91 Å².